The number of nitrogens with zero attached hydrogens (tertiary/aromatic N) is 3. The molecule has 0 radical (unpaired) electrons. The molecule has 1 aromatic carbocycles. The van der Waals surface area contributed by atoms with Gasteiger partial charge in [0.1, 0.15) is 17.6 Å². The second kappa shape index (κ2) is 7.53. The fraction of sp³-hybridized carbons (Fsp3) is 0.176. The molecule has 0 aliphatic rings. The molecule has 134 valence electrons. The number of anilines is 1. The molecular weight excluding hydrogens is 392 g/mol. The van der Waals surface area contributed by atoms with E-state index in [0.717, 1.165) is 5.56 Å². The Morgan fingerprint density at radius 3 is 3.00 bits per heavy atom. The number of benzene rings is 1. The van der Waals surface area contributed by atoms with Gasteiger partial charge in [0, 0.05) is 17.3 Å². The lowest BCUT2D eigenvalue weighted by atomic mass is 10.2. The SMILES string of the molecule is C=CCn1c(=S)sc2c(=O)n(CC(=O)Nc3cccc(Cl)c3C)cnc21. The number of hydrogen-bond donors (Lipinski definition) is 1. The quantitative estimate of drug-likeness (QED) is 0.517. The summed E-state index contributed by atoms with van der Waals surface area (Å²) in [7, 11) is 0. The second-order valence-electron chi connectivity index (χ2n) is 5.56. The van der Waals surface area contributed by atoms with Gasteiger partial charge in [-0.25, -0.2) is 4.98 Å². The monoisotopic (exact) mass is 406 g/mol. The Kier molecular flexibility index (Phi) is 5.36. The van der Waals surface area contributed by atoms with E-state index in [-0.39, 0.29) is 18.0 Å². The summed E-state index contributed by atoms with van der Waals surface area (Å²) in [6.45, 7) is 5.82. The number of allylic oxidation sites excluding steroid dienone is 1. The maximum atomic E-state index is 12.7. The van der Waals surface area contributed by atoms with Gasteiger partial charge in [0.25, 0.3) is 5.56 Å². The van der Waals surface area contributed by atoms with Crippen LogP contribution in [0.3, 0.4) is 0 Å². The van der Waals surface area contributed by atoms with Crippen molar-refractivity contribution >= 4 is 57.1 Å². The number of amides is 1. The lowest BCUT2D eigenvalue weighted by molar-refractivity contribution is -0.116. The van der Waals surface area contributed by atoms with Crippen molar-refractivity contribution in [2.75, 3.05) is 5.32 Å². The van der Waals surface area contributed by atoms with Crippen LogP contribution in [0.25, 0.3) is 10.3 Å². The van der Waals surface area contributed by atoms with Crippen molar-refractivity contribution in [3.63, 3.8) is 0 Å². The standard InChI is InChI=1S/C17H15ClN4O2S2/c1-3-7-22-15-14(26-17(22)25)16(24)21(9-19-15)8-13(23)20-12-6-4-5-11(18)10(12)2/h3-6,9H,1,7-8H2,2H3,(H,20,23). The van der Waals surface area contributed by atoms with Crippen LogP contribution in [-0.4, -0.2) is 20.0 Å². The van der Waals surface area contributed by atoms with Crippen LogP contribution in [-0.2, 0) is 17.9 Å². The summed E-state index contributed by atoms with van der Waals surface area (Å²) < 4.78 is 3.97. The molecule has 2 aromatic heterocycles. The minimum atomic E-state index is -0.340. The van der Waals surface area contributed by atoms with Crippen LogP contribution in [0.4, 0.5) is 5.69 Å². The summed E-state index contributed by atoms with van der Waals surface area (Å²) >= 11 is 12.5. The van der Waals surface area contributed by atoms with E-state index in [4.69, 9.17) is 23.8 Å². The molecule has 0 aliphatic carbocycles. The van der Waals surface area contributed by atoms with Crippen molar-refractivity contribution in [2.24, 2.45) is 0 Å². The summed E-state index contributed by atoms with van der Waals surface area (Å²) in [5.74, 6) is -0.340. The minimum absolute atomic E-state index is 0.153. The first-order valence-electron chi connectivity index (χ1n) is 7.67. The molecule has 26 heavy (non-hydrogen) atoms. The summed E-state index contributed by atoms with van der Waals surface area (Å²) in [5.41, 5.74) is 1.58. The number of carbonyl (C=O) groups excluding carboxylic acids is 1. The normalized spacial score (nSPS) is 10.8. The maximum absolute atomic E-state index is 12.7. The van der Waals surface area contributed by atoms with E-state index in [9.17, 15) is 9.59 Å². The number of nitrogens with one attached hydrogen (secondary N) is 1. The molecule has 0 aliphatic heterocycles. The molecule has 1 amide bonds. The lowest BCUT2D eigenvalue weighted by Crippen LogP contribution is -2.27. The Balaban J connectivity index is 1.89. The molecule has 0 saturated carbocycles. The van der Waals surface area contributed by atoms with E-state index in [0.29, 0.717) is 31.6 Å². The highest BCUT2D eigenvalue weighted by atomic mass is 35.5. The van der Waals surface area contributed by atoms with Gasteiger partial charge in [-0.05, 0) is 36.8 Å². The van der Waals surface area contributed by atoms with Crippen molar-refractivity contribution in [1.82, 2.24) is 14.1 Å². The molecule has 1 N–H and O–H groups in total. The first kappa shape index (κ1) is 18.5. The van der Waals surface area contributed by atoms with Crippen LogP contribution < -0.4 is 10.9 Å². The number of carbonyl (C=O) groups is 1. The zero-order valence-corrected chi connectivity index (χ0v) is 16.2. The number of hydrogen-bond acceptors (Lipinski definition) is 5. The molecule has 2 heterocycles. The van der Waals surface area contributed by atoms with E-state index >= 15 is 0 Å². The van der Waals surface area contributed by atoms with Crippen molar-refractivity contribution in [3.8, 4) is 0 Å². The van der Waals surface area contributed by atoms with Gasteiger partial charge >= 0.3 is 0 Å². The predicted molar refractivity (Wildman–Crippen MR) is 108 cm³/mol. The topological polar surface area (TPSA) is 68.9 Å². The molecule has 0 saturated heterocycles. The molecule has 0 unspecified atom stereocenters. The van der Waals surface area contributed by atoms with Gasteiger partial charge in [0.05, 0.1) is 0 Å². The van der Waals surface area contributed by atoms with Gasteiger partial charge in [-0.15, -0.1) is 6.58 Å². The third-order valence-corrected chi connectivity index (χ3v) is 5.65. The van der Waals surface area contributed by atoms with Gasteiger partial charge in [0.15, 0.2) is 9.60 Å². The summed E-state index contributed by atoms with van der Waals surface area (Å²) in [4.78, 5) is 29.3. The van der Waals surface area contributed by atoms with E-state index in [1.807, 2.05) is 6.92 Å². The minimum Gasteiger partial charge on any atom is -0.324 e. The maximum Gasteiger partial charge on any atom is 0.273 e. The fourth-order valence-electron chi connectivity index (χ4n) is 2.46. The molecule has 6 nitrogen and oxygen atoms in total. The molecule has 9 heteroatoms. The van der Waals surface area contributed by atoms with E-state index in [1.54, 1.807) is 28.8 Å². The smallest absolute Gasteiger partial charge is 0.273 e. The number of rotatable bonds is 5. The summed E-state index contributed by atoms with van der Waals surface area (Å²) in [5, 5.41) is 3.33. The van der Waals surface area contributed by atoms with Gasteiger partial charge in [0.2, 0.25) is 5.91 Å². The van der Waals surface area contributed by atoms with Crippen LogP contribution in [0.15, 0.2) is 42.0 Å². The second-order valence-corrected chi connectivity index (χ2v) is 7.61. The molecule has 0 spiro atoms. The molecule has 0 bridgehead atoms. The van der Waals surface area contributed by atoms with Gasteiger partial charge < -0.3 is 9.88 Å². The molecule has 3 aromatic rings. The van der Waals surface area contributed by atoms with Crippen molar-refractivity contribution < 1.29 is 4.79 Å². The highest BCUT2D eigenvalue weighted by Crippen LogP contribution is 2.23. The number of halogens is 1. The van der Waals surface area contributed by atoms with Gasteiger partial charge in [-0.2, -0.15) is 0 Å². The average molecular weight is 407 g/mol. The fourth-order valence-corrected chi connectivity index (χ4v) is 3.95. The Labute approximate surface area is 163 Å². The number of aromatic nitrogens is 3. The van der Waals surface area contributed by atoms with Crippen LogP contribution in [0.1, 0.15) is 5.56 Å². The average Bonchev–Trinajstić information content (AvgIpc) is 2.92. The van der Waals surface area contributed by atoms with Crippen LogP contribution in [0.5, 0.6) is 0 Å². The number of thiazole rings is 1. The Morgan fingerprint density at radius 2 is 2.27 bits per heavy atom. The van der Waals surface area contributed by atoms with E-state index in [2.05, 4.69) is 16.9 Å². The Morgan fingerprint density at radius 1 is 1.50 bits per heavy atom. The van der Waals surface area contributed by atoms with Crippen molar-refractivity contribution in [1.29, 1.82) is 0 Å². The first-order chi connectivity index (χ1) is 12.4. The van der Waals surface area contributed by atoms with Crippen molar-refractivity contribution in [3.05, 3.63) is 62.1 Å². The van der Waals surface area contributed by atoms with E-state index in [1.165, 1.54) is 22.2 Å². The third kappa shape index (κ3) is 3.48. The number of fused-ring (bicyclic) bond motifs is 1. The molecule has 0 atom stereocenters. The van der Waals surface area contributed by atoms with Crippen LogP contribution >= 0.6 is 35.2 Å². The van der Waals surface area contributed by atoms with Gasteiger partial charge in [-0.3, -0.25) is 14.2 Å². The summed E-state index contributed by atoms with van der Waals surface area (Å²) in [6, 6.07) is 5.25. The zero-order valence-electron chi connectivity index (χ0n) is 13.9. The summed E-state index contributed by atoms with van der Waals surface area (Å²) in [6.07, 6.45) is 3.05. The highest BCUT2D eigenvalue weighted by molar-refractivity contribution is 7.73. The zero-order chi connectivity index (χ0) is 18.8. The van der Waals surface area contributed by atoms with Gasteiger partial charge in [-0.1, -0.05) is 35.1 Å². The van der Waals surface area contributed by atoms with E-state index < -0.39 is 0 Å². The third-order valence-electron chi connectivity index (χ3n) is 3.81. The Hall–Kier alpha value is -2.29. The molecule has 0 fully saturated rings. The Bertz CT molecular complexity index is 1130. The first-order valence-corrected chi connectivity index (χ1v) is 9.27. The highest BCUT2D eigenvalue weighted by Gasteiger charge is 2.14. The molecule has 3 rings (SSSR count). The largest absolute Gasteiger partial charge is 0.324 e. The lowest BCUT2D eigenvalue weighted by Gasteiger charge is -2.10. The predicted octanol–water partition coefficient (Wildman–Crippen LogP) is 3.78. The van der Waals surface area contributed by atoms with Crippen LogP contribution in [0.2, 0.25) is 5.02 Å². The van der Waals surface area contributed by atoms with Crippen LogP contribution in [0, 0.1) is 10.9 Å². The molecular formula is C17H15ClN4O2S2. The van der Waals surface area contributed by atoms with Crippen molar-refractivity contribution in [2.45, 2.75) is 20.0 Å².